The highest BCUT2D eigenvalue weighted by atomic mass is 15.1. The van der Waals surface area contributed by atoms with E-state index in [4.69, 9.17) is 11.1 Å². The van der Waals surface area contributed by atoms with Crippen molar-refractivity contribution in [2.24, 2.45) is 5.73 Å². The van der Waals surface area contributed by atoms with Crippen molar-refractivity contribution >= 4 is 5.84 Å². The first kappa shape index (κ1) is 13.7. The fourth-order valence-corrected chi connectivity index (χ4v) is 2.12. The molecule has 94 valence electrons. The van der Waals surface area contributed by atoms with Crippen LogP contribution in [0.5, 0.6) is 0 Å². The van der Waals surface area contributed by atoms with Crippen molar-refractivity contribution in [3.8, 4) is 0 Å². The molecule has 0 atom stereocenters. The topological polar surface area (TPSA) is 53.1 Å². The summed E-state index contributed by atoms with van der Waals surface area (Å²) in [6.07, 6.45) is 2.36. The molecule has 0 unspecified atom stereocenters. The highest BCUT2D eigenvalue weighted by molar-refractivity contribution is 5.94. The molecule has 1 aromatic rings. The van der Waals surface area contributed by atoms with Gasteiger partial charge >= 0.3 is 0 Å². The number of nitrogens with one attached hydrogen (secondary N) is 1. The SMILES string of the molecule is CCC(CC)N(C)Cc1ccc(C(=N)N)cc1. The summed E-state index contributed by atoms with van der Waals surface area (Å²) in [5.41, 5.74) is 7.49. The average molecular weight is 233 g/mol. The van der Waals surface area contributed by atoms with E-state index >= 15 is 0 Å². The summed E-state index contributed by atoms with van der Waals surface area (Å²) < 4.78 is 0. The second-order valence-electron chi connectivity index (χ2n) is 4.50. The van der Waals surface area contributed by atoms with E-state index in [0.29, 0.717) is 6.04 Å². The molecule has 0 saturated carbocycles. The molecule has 0 bridgehead atoms. The van der Waals surface area contributed by atoms with Crippen molar-refractivity contribution < 1.29 is 0 Å². The van der Waals surface area contributed by atoms with Crippen molar-refractivity contribution in [1.29, 1.82) is 5.41 Å². The van der Waals surface area contributed by atoms with E-state index in [2.05, 4.69) is 37.9 Å². The van der Waals surface area contributed by atoms with Crippen LogP contribution in [-0.4, -0.2) is 23.8 Å². The van der Waals surface area contributed by atoms with Crippen LogP contribution in [-0.2, 0) is 6.54 Å². The van der Waals surface area contributed by atoms with Crippen LogP contribution < -0.4 is 5.73 Å². The van der Waals surface area contributed by atoms with Crippen LogP contribution >= 0.6 is 0 Å². The summed E-state index contributed by atoms with van der Waals surface area (Å²) in [6.45, 7) is 5.40. The maximum absolute atomic E-state index is 7.34. The van der Waals surface area contributed by atoms with Crippen LogP contribution in [0.15, 0.2) is 24.3 Å². The molecule has 0 radical (unpaired) electrons. The molecule has 0 saturated heterocycles. The number of hydrogen-bond donors (Lipinski definition) is 2. The van der Waals surface area contributed by atoms with Crippen LogP contribution in [0.3, 0.4) is 0 Å². The van der Waals surface area contributed by atoms with Crippen LogP contribution in [0.25, 0.3) is 0 Å². The lowest BCUT2D eigenvalue weighted by Gasteiger charge is -2.26. The smallest absolute Gasteiger partial charge is 0.122 e. The largest absolute Gasteiger partial charge is 0.384 e. The fraction of sp³-hybridized carbons (Fsp3) is 0.500. The van der Waals surface area contributed by atoms with Gasteiger partial charge in [0.2, 0.25) is 0 Å². The fourth-order valence-electron chi connectivity index (χ4n) is 2.12. The Hall–Kier alpha value is -1.35. The van der Waals surface area contributed by atoms with Gasteiger partial charge in [0.15, 0.2) is 0 Å². The Balaban J connectivity index is 2.65. The third kappa shape index (κ3) is 3.86. The first-order valence-electron chi connectivity index (χ1n) is 6.22. The Kier molecular flexibility index (Phi) is 5.16. The molecule has 0 aliphatic carbocycles. The lowest BCUT2D eigenvalue weighted by atomic mass is 10.1. The van der Waals surface area contributed by atoms with E-state index in [0.717, 1.165) is 12.1 Å². The number of nitrogens with zero attached hydrogens (tertiary/aromatic N) is 1. The van der Waals surface area contributed by atoms with Crippen LogP contribution in [0.1, 0.15) is 37.8 Å². The lowest BCUT2D eigenvalue weighted by molar-refractivity contribution is 0.222. The Labute approximate surface area is 104 Å². The quantitative estimate of drug-likeness (QED) is 0.586. The van der Waals surface area contributed by atoms with Gasteiger partial charge < -0.3 is 5.73 Å². The highest BCUT2D eigenvalue weighted by Crippen LogP contribution is 2.12. The number of benzene rings is 1. The van der Waals surface area contributed by atoms with Gasteiger partial charge in [-0.05, 0) is 25.5 Å². The number of nitrogen functional groups attached to an aromatic ring is 1. The average Bonchev–Trinajstić information content (AvgIpc) is 2.31. The summed E-state index contributed by atoms with van der Waals surface area (Å²) in [4.78, 5) is 2.38. The molecule has 0 aliphatic heterocycles. The number of rotatable bonds is 6. The zero-order chi connectivity index (χ0) is 12.8. The summed E-state index contributed by atoms with van der Waals surface area (Å²) in [5, 5.41) is 7.34. The van der Waals surface area contributed by atoms with E-state index in [9.17, 15) is 0 Å². The maximum atomic E-state index is 7.34. The summed E-state index contributed by atoms with van der Waals surface area (Å²) in [5.74, 6) is 0.130. The maximum Gasteiger partial charge on any atom is 0.122 e. The molecule has 17 heavy (non-hydrogen) atoms. The molecule has 1 aromatic carbocycles. The number of nitrogens with two attached hydrogens (primary N) is 1. The summed E-state index contributed by atoms with van der Waals surface area (Å²) >= 11 is 0. The Morgan fingerprint density at radius 2 is 1.76 bits per heavy atom. The molecule has 3 N–H and O–H groups in total. The Morgan fingerprint density at radius 3 is 2.18 bits per heavy atom. The highest BCUT2D eigenvalue weighted by Gasteiger charge is 2.10. The van der Waals surface area contributed by atoms with Crippen molar-refractivity contribution in [3.63, 3.8) is 0 Å². The molecule has 0 aliphatic rings. The van der Waals surface area contributed by atoms with Gasteiger partial charge in [0.05, 0.1) is 0 Å². The Morgan fingerprint density at radius 1 is 1.24 bits per heavy atom. The minimum Gasteiger partial charge on any atom is -0.384 e. The predicted molar refractivity (Wildman–Crippen MR) is 73.3 cm³/mol. The number of hydrogen-bond acceptors (Lipinski definition) is 2. The summed E-state index contributed by atoms with van der Waals surface area (Å²) in [6, 6.07) is 8.57. The van der Waals surface area contributed by atoms with Crippen molar-refractivity contribution in [2.75, 3.05) is 7.05 Å². The van der Waals surface area contributed by atoms with Gasteiger partial charge in [0.25, 0.3) is 0 Å². The van der Waals surface area contributed by atoms with E-state index in [-0.39, 0.29) is 5.84 Å². The normalized spacial score (nSPS) is 11.1. The molecule has 0 fully saturated rings. The van der Waals surface area contributed by atoms with Gasteiger partial charge in [0.1, 0.15) is 5.84 Å². The van der Waals surface area contributed by atoms with Crippen LogP contribution in [0.2, 0.25) is 0 Å². The van der Waals surface area contributed by atoms with Gasteiger partial charge in [-0.3, -0.25) is 10.3 Å². The first-order valence-corrected chi connectivity index (χ1v) is 6.22. The minimum atomic E-state index is 0.130. The van der Waals surface area contributed by atoms with Gasteiger partial charge in [-0.1, -0.05) is 38.1 Å². The molecule has 3 nitrogen and oxygen atoms in total. The zero-order valence-electron chi connectivity index (χ0n) is 11.0. The van der Waals surface area contributed by atoms with Crippen molar-refractivity contribution in [2.45, 2.75) is 39.3 Å². The monoisotopic (exact) mass is 233 g/mol. The number of amidine groups is 1. The van der Waals surface area contributed by atoms with Gasteiger partial charge in [-0.25, -0.2) is 0 Å². The lowest BCUT2D eigenvalue weighted by Crippen LogP contribution is -2.29. The van der Waals surface area contributed by atoms with Gasteiger partial charge in [0, 0.05) is 18.2 Å². The van der Waals surface area contributed by atoms with Crippen LogP contribution in [0, 0.1) is 5.41 Å². The van der Waals surface area contributed by atoms with Crippen molar-refractivity contribution in [1.82, 2.24) is 4.90 Å². The second kappa shape index (κ2) is 6.40. The standard InChI is InChI=1S/C14H23N3/c1-4-13(5-2)17(3)10-11-6-8-12(9-7-11)14(15)16/h6-9,13H,4-5,10H2,1-3H3,(H3,15,16). The summed E-state index contributed by atoms with van der Waals surface area (Å²) in [7, 11) is 2.16. The molecule has 0 amide bonds. The first-order chi connectivity index (χ1) is 8.08. The minimum absolute atomic E-state index is 0.130. The molecule has 0 aromatic heterocycles. The molecule has 3 heteroatoms. The molecular weight excluding hydrogens is 210 g/mol. The molecule has 0 heterocycles. The third-order valence-corrected chi connectivity index (χ3v) is 3.26. The van der Waals surface area contributed by atoms with Gasteiger partial charge in [-0.2, -0.15) is 0 Å². The van der Waals surface area contributed by atoms with E-state index in [1.54, 1.807) is 0 Å². The molecular formula is C14H23N3. The predicted octanol–water partition coefficient (Wildman–Crippen LogP) is 2.59. The van der Waals surface area contributed by atoms with Gasteiger partial charge in [-0.15, -0.1) is 0 Å². The Bertz CT molecular complexity index is 352. The van der Waals surface area contributed by atoms with Crippen molar-refractivity contribution in [3.05, 3.63) is 35.4 Å². The van der Waals surface area contributed by atoms with Crippen LogP contribution in [0.4, 0.5) is 0 Å². The zero-order valence-corrected chi connectivity index (χ0v) is 11.0. The van der Waals surface area contributed by atoms with E-state index in [1.165, 1.54) is 18.4 Å². The molecule has 1 rings (SSSR count). The third-order valence-electron chi connectivity index (χ3n) is 3.26. The van der Waals surface area contributed by atoms with E-state index < -0.39 is 0 Å². The second-order valence-corrected chi connectivity index (χ2v) is 4.50. The van der Waals surface area contributed by atoms with E-state index in [1.807, 2.05) is 12.1 Å². The molecule has 0 spiro atoms.